The molecule has 7 atom stereocenters. The third-order valence-corrected chi connectivity index (χ3v) is 10.4. The molecule has 0 aliphatic heterocycles. The van der Waals surface area contributed by atoms with Crippen molar-refractivity contribution >= 4 is 0 Å². The number of allylic oxidation sites excluding steroid dienone is 4. The molecule has 1 nitrogen and oxygen atoms in total. The highest BCUT2D eigenvalue weighted by atomic mass is 16.3. The first-order valence-corrected chi connectivity index (χ1v) is 12.9. The van der Waals surface area contributed by atoms with Crippen LogP contribution in [0.5, 0.6) is 0 Å². The van der Waals surface area contributed by atoms with E-state index in [2.05, 4.69) is 40.7 Å². The number of fused-ring (bicyclic) bond motifs is 4. The molecule has 4 aliphatic rings. The Labute approximate surface area is 180 Å². The number of rotatable bonds is 6. The van der Waals surface area contributed by atoms with Crippen LogP contribution in [0.15, 0.2) is 22.8 Å². The molecular weight excluding hydrogens is 352 g/mol. The highest BCUT2D eigenvalue weighted by molar-refractivity contribution is 5.49. The van der Waals surface area contributed by atoms with Crippen molar-refractivity contribution in [2.45, 2.75) is 105 Å². The second kappa shape index (κ2) is 8.18. The second-order valence-electron chi connectivity index (χ2n) is 11.9. The van der Waals surface area contributed by atoms with Crippen LogP contribution in [0.2, 0.25) is 0 Å². The van der Waals surface area contributed by atoms with Crippen molar-refractivity contribution in [2.75, 3.05) is 6.61 Å². The zero-order valence-corrected chi connectivity index (χ0v) is 19.9. The van der Waals surface area contributed by atoms with Crippen LogP contribution >= 0.6 is 0 Å². The minimum absolute atomic E-state index is 0.332. The van der Waals surface area contributed by atoms with Crippen LogP contribution in [-0.2, 0) is 0 Å². The SMILES string of the molecule is CC(CO)[C@@H](C)CC[C@@H](C)[C@H]1CC=C2C3=C(CC[C@@]21C)[C@@]1(C)CCCC[C@@H]1CC3. The van der Waals surface area contributed by atoms with E-state index in [1.165, 1.54) is 70.6 Å². The molecule has 1 N–H and O–H groups in total. The first kappa shape index (κ1) is 21.7. The lowest BCUT2D eigenvalue weighted by atomic mass is 9.52. The monoisotopic (exact) mass is 398 g/mol. The van der Waals surface area contributed by atoms with Gasteiger partial charge in [-0.1, -0.05) is 72.0 Å². The third-order valence-electron chi connectivity index (χ3n) is 10.4. The lowest BCUT2D eigenvalue weighted by Crippen LogP contribution is -2.41. The van der Waals surface area contributed by atoms with Gasteiger partial charge >= 0.3 is 0 Å². The lowest BCUT2D eigenvalue weighted by Gasteiger charge is -2.53. The highest BCUT2D eigenvalue weighted by Crippen LogP contribution is 2.64. The molecule has 4 aliphatic carbocycles. The van der Waals surface area contributed by atoms with Crippen LogP contribution in [0.3, 0.4) is 0 Å². The quantitative estimate of drug-likeness (QED) is 0.486. The fourth-order valence-corrected chi connectivity index (χ4v) is 7.98. The number of hydrogen-bond acceptors (Lipinski definition) is 1. The molecule has 1 heteroatoms. The molecule has 164 valence electrons. The summed E-state index contributed by atoms with van der Waals surface area (Å²) in [6, 6.07) is 0. The van der Waals surface area contributed by atoms with Crippen molar-refractivity contribution in [3.05, 3.63) is 22.8 Å². The van der Waals surface area contributed by atoms with Gasteiger partial charge in [0.15, 0.2) is 0 Å². The van der Waals surface area contributed by atoms with E-state index in [1.54, 1.807) is 5.57 Å². The largest absolute Gasteiger partial charge is 0.396 e. The van der Waals surface area contributed by atoms with Gasteiger partial charge in [0.25, 0.3) is 0 Å². The van der Waals surface area contributed by atoms with E-state index < -0.39 is 0 Å². The Morgan fingerprint density at radius 1 is 0.966 bits per heavy atom. The summed E-state index contributed by atoms with van der Waals surface area (Å²) in [6.07, 6.45) is 18.0. The summed E-state index contributed by atoms with van der Waals surface area (Å²) >= 11 is 0. The Hall–Kier alpha value is -0.560. The fraction of sp³-hybridized carbons (Fsp3) is 0.857. The molecule has 29 heavy (non-hydrogen) atoms. The van der Waals surface area contributed by atoms with Crippen LogP contribution in [-0.4, -0.2) is 11.7 Å². The molecule has 1 saturated carbocycles. The van der Waals surface area contributed by atoms with E-state index in [0.717, 1.165) is 17.8 Å². The molecule has 0 heterocycles. The maximum absolute atomic E-state index is 9.48. The molecule has 0 saturated heterocycles. The second-order valence-corrected chi connectivity index (χ2v) is 11.9. The molecule has 0 amide bonds. The fourth-order valence-electron chi connectivity index (χ4n) is 7.98. The van der Waals surface area contributed by atoms with Gasteiger partial charge in [0.1, 0.15) is 0 Å². The van der Waals surface area contributed by atoms with E-state index >= 15 is 0 Å². The molecule has 4 rings (SSSR count). The summed E-state index contributed by atoms with van der Waals surface area (Å²) in [4.78, 5) is 0. The Kier molecular flexibility index (Phi) is 6.11. The minimum atomic E-state index is 0.332. The van der Waals surface area contributed by atoms with Crippen molar-refractivity contribution in [1.29, 1.82) is 0 Å². The van der Waals surface area contributed by atoms with Crippen LogP contribution < -0.4 is 0 Å². The van der Waals surface area contributed by atoms with Crippen molar-refractivity contribution < 1.29 is 5.11 Å². The van der Waals surface area contributed by atoms with Gasteiger partial charge in [-0.3, -0.25) is 0 Å². The van der Waals surface area contributed by atoms with E-state index in [9.17, 15) is 5.11 Å². The maximum atomic E-state index is 9.48. The topological polar surface area (TPSA) is 20.2 Å². The zero-order valence-electron chi connectivity index (χ0n) is 19.9. The zero-order chi connectivity index (χ0) is 20.8. The van der Waals surface area contributed by atoms with Gasteiger partial charge in [-0.2, -0.15) is 0 Å². The van der Waals surface area contributed by atoms with Crippen LogP contribution in [0.1, 0.15) is 105 Å². The van der Waals surface area contributed by atoms with Gasteiger partial charge < -0.3 is 5.11 Å². The summed E-state index contributed by atoms with van der Waals surface area (Å²) in [5.74, 6) is 3.63. The van der Waals surface area contributed by atoms with Crippen LogP contribution in [0.4, 0.5) is 0 Å². The van der Waals surface area contributed by atoms with E-state index in [4.69, 9.17) is 0 Å². The van der Waals surface area contributed by atoms with Crippen LogP contribution in [0.25, 0.3) is 0 Å². The molecule has 0 aromatic rings. The minimum Gasteiger partial charge on any atom is -0.396 e. The van der Waals surface area contributed by atoms with Gasteiger partial charge in [0.2, 0.25) is 0 Å². The van der Waals surface area contributed by atoms with E-state index in [1.807, 2.05) is 11.1 Å². The van der Waals surface area contributed by atoms with E-state index in [-0.39, 0.29) is 0 Å². The molecule has 0 aromatic heterocycles. The van der Waals surface area contributed by atoms with Crippen molar-refractivity contribution in [3.63, 3.8) is 0 Å². The van der Waals surface area contributed by atoms with Gasteiger partial charge in [-0.25, -0.2) is 0 Å². The van der Waals surface area contributed by atoms with Crippen molar-refractivity contribution in [2.24, 2.45) is 40.4 Å². The Balaban J connectivity index is 1.50. The predicted octanol–water partition coefficient (Wildman–Crippen LogP) is 7.70. The predicted molar refractivity (Wildman–Crippen MR) is 124 cm³/mol. The van der Waals surface area contributed by atoms with Gasteiger partial charge in [-0.15, -0.1) is 0 Å². The summed E-state index contributed by atoms with van der Waals surface area (Å²) < 4.78 is 0. The summed E-state index contributed by atoms with van der Waals surface area (Å²) in [5, 5.41) is 9.48. The summed E-state index contributed by atoms with van der Waals surface area (Å²) in [6.45, 7) is 12.6. The van der Waals surface area contributed by atoms with Crippen molar-refractivity contribution in [3.8, 4) is 0 Å². The van der Waals surface area contributed by atoms with Gasteiger partial charge in [-0.05, 0) is 96.5 Å². The molecule has 1 unspecified atom stereocenters. The van der Waals surface area contributed by atoms with E-state index in [0.29, 0.717) is 29.3 Å². The Morgan fingerprint density at radius 3 is 2.52 bits per heavy atom. The standard InChI is InChI=1S/C28H46O/c1-19(21(3)18-29)9-10-20(2)24-13-14-25-23-12-11-22-8-6-7-16-27(22,4)26(23)15-17-28(24,25)5/h14,19-22,24,29H,6-13,15-18H2,1-5H3/t19-,20+,21?,22+,24+,27-,28+/m0/s1. The lowest BCUT2D eigenvalue weighted by molar-refractivity contribution is 0.105. The third kappa shape index (κ3) is 3.58. The molecular formula is C28H46O. The average molecular weight is 399 g/mol. The molecule has 0 radical (unpaired) electrons. The van der Waals surface area contributed by atoms with Crippen molar-refractivity contribution in [1.82, 2.24) is 0 Å². The average Bonchev–Trinajstić information content (AvgIpc) is 3.08. The number of aliphatic hydroxyl groups is 1. The van der Waals surface area contributed by atoms with Gasteiger partial charge in [0.05, 0.1) is 0 Å². The molecule has 1 fully saturated rings. The highest BCUT2D eigenvalue weighted by Gasteiger charge is 2.52. The summed E-state index contributed by atoms with van der Waals surface area (Å²) in [7, 11) is 0. The van der Waals surface area contributed by atoms with Crippen LogP contribution in [0, 0.1) is 40.4 Å². The Morgan fingerprint density at radius 2 is 1.76 bits per heavy atom. The Bertz CT molecular complexity index is 672. The molecule has 0 bridgehead atoms. The first-order valence-electron chi connectivity index (χ1n) is 12.9. The first-order chi connectivity index (χ1) is 13.8. The smallest absolute Gasteiger partial charge is 0.0459 e. The maximum Gasteiger partial charge on any atom is 0.0459 e. The summed E-state index contributed by atoms with van der Waals surface area (Å²) in [5.41, 5.74) is 6.46. The van der Waals surface area contributed by atoms with Gasteiger partial charge in [0, 0.05) is 6.61 Å². The molecule has 0 aromatic carbocycles. The number of aliphatic hydroxyl groups excluding tert-OH is 1. The molecule has 0 spiro atoms. The normalized spacial score (nSPS) is 39.9. The number of hydrogen-bond donors (Lipinski definition) is 1.